The van der Waals surface area contributed by atoms with E-state index >= 15 is 0 Å². The lowest BCUT2D eigenvalue weighted by Crippen LogP contribution is -2.35. The minimum Gasteiger partial charge on any atom is -0.478 e. The first-order chi connectivity index (χ1) is 12.5. The summed E-state index contributed by atoms with van der Waals surface area (Å²) in [6, 6.07) is 6.18. The van der Waals surface area contributed by atoms with E-state index in [0.717, 1.165) is 57.8 Å². The maximum absolute atomic E-state index is 11.0. The molecule has 0 heterocycles. The molecule has 0 bridgehead atoms. The van der Waals surface area contributed by atoms with Gasteiger partial charge in [-0.2, -0.15) is 0 Å². The maximum atomic E-state index is 11.0. The third kappa shape index (κ3) is 9.20. The van der Waals surface area contributed by atoms with Gasteiger partial charge in [0.1, 0.15) is 5.75 Å². The Morgan fingerprint density at radius 1 is 0.923 bits per heavy atom. The maximum Gasteiger partial charge on any atom is 0.335 e. The largest absolute Gasteiger partial charge is 0.478 e. The van der Waals surface area contributed by atoms with Crippen LogP contribution in [0.1, 0.15) is 87.9 Å². The van der Waals surface area contributed by atoms with Gasteiger partial charge < -0.3 is 20.1 Å². The second-order valence-corrected chi connectivity index (χ2v) is 6.93. The van der Waals surface area contributed by atoms with Crippen molar-refractivity contribution in [1.29, 1.82) is 0 Å². The summed E-state index contributed by atoms with van der Waals surface area (Å²) in [7, 11) is 0. The zero-order chi connectivity index (χ0) is 19.3. The van der Waals surface area contributed by atoms with Crippen LogP contribution in [0.3, 0.4) is 0 Å². The number of carboxylic acid groups (broad SMARTS) is 1. The van der Waals surface area contributed by atoms with E-state index in [9.17, 15) is 9.90 Å². The predicted octanol–water partition coefficient (Wildman–Crippen LogP) is 4.76. The number of aromatic carboxylic acids is 1. The number of unbranched alkanes of at least 4 members (excludes halogenated alkanes) is 7. The zero-order valence-electron chi connectivity index (χ0n) is 16.0. The second kappa shape index (κ2) is 12.7. The standard InChI is InChI=1S/C21H34O5/c1-2-3-4-8-15-21(25,16-9-6-5-7-10-17-22)26-19-13-11-18(12-14-19)20(23)24/h11-14,22,25H,2-10,15-17H2,1H3,(H,23,24). The highest BCUT2D eigenvalue weighted by Crippen LogP contribution is 2.27. The lowest BCUT2D eigenvalue weighted by molar-refractivity contribution is -0.150. The van der Waals surface area contributed by atoms with Gasteiger partial charge in [0.15, 0.2) is 0 Å². The van der Waals surface area contributed by atoms with Crippen molar-refractivity contribution in [1.82, 2.24) is 0 Å². The highest BCUT2D eigenvalue weighted by atomic mass is 16.6. The SMILES string of the molecule is CCCCCCC(O)(CCCCCCCO)Oc1ccc(C(=O)O)cc1. The molecule has 3 N–H and O–H groups in total. The number of benzene rings is 1. The first-order valence-electron chi connectivity index (χ1n) is 9.86. The Hall–Kier alpha value is -1.59. The normalized spacial score (nSPS) is 13.3. The highest BCUT2D eigenvalue weighted by Gasteiger charge is 2.28. The van der Waals surface area contributed by atoms with Gasteiger partial charge in [-0.15, -0.1) is 0 Å². The Morgan fingerprint density at radius 2 is 1.46 bits per heavy atom. The van der Waals surface area contributed by atoms with Gasteiger partial charge >= 0.3 is 5.97 Å². The summed E-state index contributed by atoms with van der Waals surface area (Å²) < 4.78 is 5.87. The number of carboxylic acids is 1. The predicted molar refractivity (Wildman–Crippen MR) is 103 cm³/mol. The van der Waals surface area contributed by atoms with Crippen LogP contribution in [0.15, 0.2) is 24.3 Å². The van der Waals surface area contributed by atoms with Gasteiger partial charge in [0.05, 0.1) is 5.56 Å². The molecule has 1 aromatic carbocycles. The third-order valence-corrected chi connectivity index (χ3v) is 4.56. The molecule has 0 aliphatic rings. The number of aliphatic hydroxyl groups excluding tert-OH is 1. The quantitative estimate of drug-likeness (QED) is 0.308. The summed E-state index contributed by atoms with van der Waals surface area (Å²) in [4.78, 5) is 10.9. The summed E-state index contributed by atoms with van der Waals surface area (Å²) in [5, 5.41) is 28.8. The fourth-order valence-corrected chi connectivity index (χ4v) is 2.98. The van der Waals surface area contributed by atoms with E-state index in [-0.39, 0.29) is 12.2 Å². The molecule has 0 aromatic heterocycles. The van der Waals surface area contributed by atoms with Crippen molar-refractivity contribution in [2.24, 2.45) is 0 Å². The number of rotatable bonds is 15. The molecule has 1 atom stereocenters. The molecule has 5 nitrogen and oxygen atoms in total. The zero-order valence-corrected chi connectivity index (χ0v) is 16.0. The van der Waals surface area contributed by atoms with Crippen molar-refractivity contribution in [3.8, 4) is 5.75 Å². The van der Waals surface area contributed by atoms with Crippen LogP contribution in [0.4, 0.5) is 0 Å². The van der Waals surface area contributed by atoms with Crippen molar-refractivity contribution in [2.45, 2.75) is 83.3 Å². The van der Waals surface area contributed by atoms with Gasteiger partial charge in [0.2, 0.25) is 5.79 Å². The number of carbonyl (C=O) groups is 1. The van der Waals surface area contributed by atoms with Crippen molar-refractivity contribution in [3.63, 3.8) is 0 Å². The van der Waals surface area contributed by atoms with Gasteiger partial charge in [0.25, 0.3) is 0 Å². The monoisotopic (exact) mass is 366 g/mol. The highest BCUT2D eigenvalue weighted by molar-refractivity contribution is 5.87. The Labute approximate surface area is 157 Å². The molecule has 0 amide bonds. The fourth-order valence-electron chi connectivity index (χ4n) is 2.98. The van der Waals surface area contributed by atoms with Crippen LogP contribution in [0.5, 0.6) is 5.75 Å². The van der Waals surface area contributed by atoms with E-state index in [2.05, 4.69) is 6.92 Å². The van der Waals surface area contributed by atoms with E-state index in [1.165, 1.54) is 12.1 Å². The lowest BCUT2D eigenvalue weighted by atomic mass is 9.99. The molecule has 0 radical (unpaired) electrons. The Kier molecular flexibility index (Phi) is 11.0. The lowest BCUT2D eigenvalue weighted by Gasteiger charge is -2.29. The summed E-state index contributed by atoms with van der Waals surface area (Å²) in [6.07, 6.45) is 10.1. The molecule has 0 spiro atoms. The minimum atomic E-state index is -1.21. The fraction of sp³-hybridized carbons (Fsp3) is 0.667. The first-order valence-corrected chi connectivity index (χ1v) is 9.86. The smallest absolute Gasteiger partial charge is 0.335 e. The summed E-state index contributed by atoms with van der Waals surface area (Å²) in [5.41, 5.74) is 0.202. The molecule has 0 aliphatic heterocycles. The Balaban J connectivity index is 2.58. The Bertz CT molecular complexity index is 500. The molecule has 1 rings (SSSR count). The van der Waals surface area contributed by atoms with E-state index in [1.54, 1.807) is 12.1 Å². The molecule has 0 saturated heterocycles. The molecule has 0 aliphatic carbocycles. The number of aliphatic hydroxyl groups is 2. The second-order valence-electron chi connectivity index (χ2n) is 6.93. The summed E-state index contributed by atoms with van der Waals surface area (Å²) in [5.74, 6) is -1.70. The van der Waals surface area contributed by atoms with Gasteiger partial charge in [-0.3, -0.25) is 0 Å². The van der Waals surface area contributed by atoms with Crippen LogP contribution >= 0.6 is 0 Å². The summed E-state index contributed by atoms with van der Waals surface area (Å²) >= 11 is 0. The molecule has 0 saturated carbocycles. The van der Waals surface area contributed by atoms with Crippen LogP contribution in [0.25, 0.3) is 0 Å². The Morgan fingerprint density at radius 3 is 2.00 bits per heavy atom. The molecule has 148 valence electrons. The van der Waals surface area contributed by atoms with Gasteiger partial charge in [-0.25, -0.2) is 4.79 Å². The van der Waals surface area contributed by atoms with Crippen LogP contribution in [0, 0.1) is 0 Å². The molecule has 1 unspecified atom stereocenters. The third-order valence-electron chi connectivity index (χ3n) is 4.56. The van der Waals surface area contributed by atoms with E-state index < -0.39 is 11.8 Å². The molecule has 0 fully saturated rings. The van der Waals surface area contributed by atoms with E-state index in [0.29, 0.717) is 18.6 Å². The minimum absolute atomic E-state index is 0.202. The average molecular weight is 366 g/mol. The van der Waals surface area contributed by atoms with E-state index in [4.69, 9.17) is 14.9 Å². The van der Waals surface area contributed by atoms with Gasteiger partial charge in [-0.1, -0.05) is 45.4 Å². The first kappa shape index (κ1) is 22.5. The number of hydrogen-bond donors (Lipinski definition) is 3. The number of hydrogen-bond acceptors (Lipinski definition) is 4. The molecular formula is C21H34O5. The molecular weight excluding hydrogens is 332 g/mol. The molecule has 1 aromatic rings. The molecule has 26 heavy (non-hydrogen) atoms. The molecule has 5 heteroatoms. The van der Waals surface area contributed by atoms with Crippen molar-refractivity contribution in [2.75, 3.05) is 6.61 Å². The van der Waals surface area contributed by atoms with Crippen LogP contribution in [-0.4, -0.2) is 33.7 Å². The van der Waals surface area contributed by atoms with Crippen molar-refractivity contribution >= 4 is 5.97 Å². The van der Waals surface area contributed by atoms with Crippen LogP contribution < -0.4 is 4.74 Å². The van der Waals surface area contributed by atoms with Gasteiger partial charge in [-0.05, 0) is 43.5 Å². The van der Waals surface area contributed by atoms with Gasteiger partial charge in [0, 0.05) is 19.4 Å². The van der Waals surface area contributed by atoms with E-state index in [1.807, 2.05) is 0 Å². The topological polar surface area (TPSA) is 87.0 Å². The number of ether oxygens (including phenoxy) is 1. The summed E-state index contributed by atoms with van der Waals surface area (Å²) in [6.45, 7) is 2.38. The van der Waals surface area contributed by atoms with Crippen molar-refractivity contribution in [3.05, 3.63) is 29.8 Å². The van der Waals surface area contributed by atoms with Crippen LogP contribution in [-0.2, 0) is 0 Å². The average Bonchev–Trinajstić information content (AvgIpc) is 2.62. The van der Waals surface area contributed by atoms with Crippen molar-refractivity contribution < 1.29 is 24.9 Å². The van der Waals surface area contributed by atoms with Crippen LogP contribution in [0.2, 0.25) is 0 Å².